The van der Waals surface area contributed by atoms with Gasteiger partial charge in [-0.3, -0.25) is 4.79 Å². The molecule has 2 atom stereocenters. The molecule has 0 bridgehead atoms. The molecule has 0 N–H and O–H groups in total. The lowest BCUT2D eigenvalue weighted by molar-refractivity contribution is -0.116. The average Bonchev–Trinajstić information content (AvgIpc) is 2.56. The first-order valence-electron chi connectivity index (χ1n) is 6.65. The first kappa shape index (κ1) is 14.7. The van der Waals surface area contributed by atoms with Crippen molar-refractivity contribution in [3.8, 4) is 0 Å². The van der Waals surface area contributed by atoms with Crippen LogP contribution in [-0.4, -0.2) is 18.4 Å². The van der Waals surface area contributed by atoms with Crippen LogP contribution in [0.5, 0.6) is 0 Å². The van der Waals surface area contributed by atoms with Gasteiger partial charge in [-0.2, -0.15) is 0 Å². The second-order valence-electron chi connectivity index (χ2n) is 4.54. The Morgan fingerprint density at radius 2 is 1.57 bits per heavy atom. The third-order valence-electron chi connectivity index (χ3n) is 3.18. The summed E-state index contributed by atoms with van der Waals surface area (Å²) in [6.45, 7) is 3.74. The lowest BCUT2D eigenvalue weighted by Gasteiger charge is -2.20. The van der Waals surface area contributed by atoms with E-state index in [4.69, 9.17) is 4.74 Å². The predicted octanol–water partition coefficient (Wildman–Crippen LogP) is 3.38. The van der Waals surface area contributed by atoms with Crippen LogP contribution >= 0.6 is 0 Å². The summed E-state index contributed by atoms with van der Waals surface area (Å²) in [4.78, 5) is 23.4. The molecule has 21 heavy (non-hydrogen) atoms. The summed E-state index contributed by atoms with van der Waals surface area (Å²) in [6, 6.07) is 18.0. The van der Waals surface area contributed by atoms with Crippen LogP contribution in [0.15, 0.2) is 73.3 Å². The summed E-state index contributed by atoms with van der Waals surface area (Å²) in [5, 5.41) is 0. The number of hydrogen-bond acceptors (Lipinski definition) is 3. The Balaban J connectivity index is 2.17. The molecule has 0 aliphatic carbocycles. The van der Waals surface area contributed by atoms with Crippen LogP contribution in [0.1, 0.15) is 21.8 Å². The van der Waals surface area contributed by atoms with Gasteiger partial charge in [0.25, 0.3) is 0 Å². The zero-order valence-corrected chi connectivity index (χ0v) is 11.5. The molecule has 0 saturated heterocycles. The SMILES string of the molecule is C=C[C@H](c1ccccc1)[C@@H](C=O)OC(=O)c1ccccc1. The normalized spacial score (nSPS) is 13.0. The van der Waals surface area contributed by atoms with E-state index < -0.39 is 12.1 Å². The molecule has 0 spiro atoms. The molecule has 2 aromatic carbocycles. The number of rotatable bonds is 6. The van der Waals surface area contributed by atoms with Crippen molar-refractivity contribution in [3.05, 3.63) is 84.4 Å². The number of carbonyl (C=O) groups excluding carboxylic acids is 2. The van der Waals surface area contributed by atoms with Gasteiger partial charge in [-0.15, -0.1) is 6.58 Å². The number of aldehydes is 1. The maximum atomic E-state index is 12.1. The van der Waals surface area contributed by atoms with Gasteiger partial charge in [0.15, 0.2) is 12.4 Å². The second kappa shape index (κ2) is 7.20. The fourth-order valence-electron chi connectivity index (χ4n) is 2.09. The highest BCUT2D eigenvalue weighted by molar-refractivity contribution is 5.90. The molecule has 0 aliphatic rings. The van der Waals surface area contributed by atoms with E-state index in [9.17, 15) is 9.59 Å². The van der Waals surface area contributed by atoms with Gasteiger partial charge >= 0.3 is 5.97 Å². The summed E-state index contributed by atoms with van der Waals surface area (Å²) < 4.78 is 5.31. The molecule has 106 valence electrons. The molecule has 2 aromatic rings. The monoisotopic (exact) mass is 280 g/mol. The van der Waals surface area contributed by atoms with Crippen molar-refractivity contribution >= 4 is 12.3 Å². The van der Waals surface area contributed by atoms with E-state index in [1.165, 1.54) is 0 Å². The van der Waals surface area contributed by atoms with Gasteiger partial charge in [-0.25, -0.2) is 4.79 Å². The largest absolute Gasteiger partial charge is 0.450 e. The van der Waals surface area contributed by atoms with Gasteiger partial charge < -0.3 is 4.74 Å². The molecule has 3 heteroatoms. The summed E-state index contributed by atoms with van der Waals surface area (Å²) >= 11 is 0. The summed E-state index contributed by atoms with van der Waals surface area (Å²) in [7, 11) is 0. The van der Waals surface area contributed by atoms with E-state index in [0.717, 1.165) is 5.56 Å². The Hall–Kier alpha value is -2.68. The molecule has 0 amide bonds. The summed E-state index contributed by atoms with van der Waals surface area (Å²) in [5.41, 5.74) is 1.30. The highest BCUT2D eigenvalue weighted by Gasteiger charge is 2.24. The molecule has 0 fully saturated rings. The highest BCUT2D eigenvalue weighted by atomic mass is 16.5. The molecular formula is C18H16O3. The Bertz CT molecular complexity index is 605. The Labute approximate surface area is 123 Å². The molecule has 0 unspecified atom stereocenters. The lowest BCUT2D eigenvalue weighted by Crippen LogP contribution is -2.26. The predicted molar refractivity (Wildman–Crippen MR) is 81.1 cm³/mol. The number of carbonyl (C=O) groups is 2. The standard InChI is InChI=1S/C18H16O3/c1-2-16(14-9-5-3-6-10-14)17(13-19)21-18(20)15-11-7-4-8-12-15/h2-13,16-17H,1H2/t16-,17-/m1/s1. The molecule has 2 rings (SSSR count). The first-order valence-corrected chi connectivity index (χ1v) is 6.65. The van der Waals surface area contributed by atoms with E-state index in [0.29, 0.717) is 11.8 Å². The maximum Gasteiger partial charge on any atom is 0.338 e. The third-order valence-corrected chi connectivity index (χ3v) is 3.18. The topological polar surface area (TPSA) is 43.4 Å². The van der Waals surface area contributed by atoms with Crippen LogP contribution in [-0.2, 0) is 9.53 Å². The molecule has 0 radical (unpaired) electrons. The van der Waals surface area contributed by atoms with Gasteiger partial charge in [0.2, 0.25) is 0 Å². The number of esters is 1. The van der Waals surface area contributed by atoms with Crippen molar-refractivity contribution in [2.24, 2.45) is 0 Å². The van der Waals surface area contributed by atoms with Crippen molar-refractivity contribution in [2.45, 2.75) is 12.0 Å². The van der Waals surface area contributed by atoms with Crippen LogP contribution in [0.25, 0.3) is 0 Å². The lowest BCUT2D eigenvalue weighted by atomic mass is 9.94. The van der Waals surface area contributed by atoms with Gasteiger partial charge in [0.1, 0.15) is 0 Å². The number of benzene rings is 2. The molecule has 3 nitrogen and oxygen atoms in total. The molecule has 0 aromatic heterocycles. The van der Waals surface area contributed by atoms with Crippen molar-refractivity contribution in [1.82, 2.24) is 0 Å². The van der Waals surface area contributed by atoms with Crippen molar-refractivity contribution in [1.29, 1.82) is 0 Å². The van der Waals surface area contributed by atoms with Gasteiger partial charge in [-0.1, -0.05) is 54.6 Å². The summed E-state index contributed by atoms with van der Waals surface area (Å²) in [6.07, 6.45) is 1.37. The summed E-state index contributed by atoms with van der Waals surface area (Å²) in [5.74, 6) is -0.883. The fourth-order valence-corrected chi connectivity index (χ4v) is 2.09. The molecule has 0 aliphatic heterocycles. The minimum Gasteiger partial charge on any atom is -0.450 e. The van der Waals surface area contributed by atoms with E-state index in [1.807, 2.05) is 36.4 Å². The van der Waals surface area contributed by atoms with Crippen LogP contribution in [0.3, 0.4) is 0 Å². The van der Waals surface area contributed by atoms with E-state index >= 15 is 0 Å². The molecule has 0 saturated carbocycles. The second-order valence-corrected chi connectivity index (χ2v) is 4.54. The van der Waals surface area contributed by atoms with Crippen LogP contribution < -0.4 is 0 Å². The molecule has 0 heterocycles. The van der Waals surface area contributed by atoms with E-state index in [1.54, 1.807) is 30.3 Å². The maximum absolute atomic E-state index is 12.1. The quantitative estimate of drug-likeness (QED) is 0.463. The minimum atomic E-state index is -0.891. The Morgan fingerprint density at radius 1 is 1.00 bits per heavy atom. The van der Waals surface area contributed by atoms with Gasteiger partial charge in [-0.05, 0) is 17.7 Å². The number of ether oxygens (including phenoxy) is 1. The van der Waals surface area contributed by atoms with Gasteiger partial charge in [0, 0.05) is 5.92 Å². The fraction of sp³-hybridized carbons (Fsp3) is 0.111. The highest BCUT2D eigenvalue weighted by Crippen LogP contribution is 2.23. The number of hydrogen-bond donors (Lipinski definition) is 0. The van der Waals surface area contributed by atoms with Crippen LogP contribution in [0.4, 0.5) is 0 Å². The molecular weight excluding hydrogens is 264 g/mol. The average molecular weight is 280 g/mol. The van der Waals surface area contributed by atoms with Crippen LogP contribution in [0, 0.1) is 0 Å². The smallest absolute Gasteiger partial charge is 0.338 e. The van der Waals surface area contributed by atoms with Crippen LogP contribution in [0.2, 0.25) is 0 Å². The van der Waals surface area contributed by atoms with Gasteiger partial charge in [0.05, 0.1) is 5.56 Å². The first-order chi connectivity index (χ1) is 10.3. The zero-order chi connectivity index (χ0) is 15.1. The third kappa shape index (κ3) is 3.66. The van der Waals surface area contributed by atoms with E-state index in [-0.39, 0.29) is 5.92 Å². The zero-order valence-electron chi connectivity index (χ0n) is 11.5. The van der Waals surface area contributed by atoms with Crippen molar-refractivity contribution in [2.75, 3.05) is 0 Å². The Kier molecular flexibility index (Phi) is 5.04. The van der Waals surface area contributed by atoms with E-state index in [2.05, 4.69) is 6.58 Å². The van der Waals surface area contributed by atoms with Crippen molar-refractivity contribution < 1.29 is 14.3 Å². The minimum absolute atomic E-state index is 0.364. The Morgan fingerprint density at radius 3 is 2.10 bits per heavy atom. The van der Waals surface area contributed by atoms with Crippen molar-refractivity contribution in [3.63, 3.8) is 0 Å².